The van der Waals surface area contributed by atoms with Crippen molar-refractivity contribution < 1.29 is 58.8 Å². The molecule has 0 aromatic heterocycles. The zero-order valence-corrected chi connectivity index (χ0v) is 24.7. The molecule has 12 N–H and O–H groups in total. The maximum absolute atomic E-state index is 12.4. The number of carboxylic acid groups (broad SMARTS) is 4. The average molecular weight is 692 g/mol. The van der Waals surface area contributed by atoms with E-state index in [0.717, 1.165) is 20.4 Å². The van der Waals surface area contributed by atoms with Crippen LogP contribution in [-0.2, 0) is 38.4 Å². The first-order chi connectivity index (χ1) is 19.1. The summed E-state index contributed by atoms with van der Waals surface area (Å²) in [5.41, 5.74) is 10.7. The molecule has 0 bridgehead atoms. The molecule has 0 aliphatic heterocycles. The summed E-state index contributed by atoms with van der Waals surface area (Å²) < 4.78 is 0. The first kappa shape index (κ1) is 37.9. The summed E-state index contributed by atoms with van der Waals surface area (Å²) in [4.78, 5) is 92.2. The van der Waals surface area contributed by atoms with E-state index in [1.165, 1.54) is 0 Å². The first-order valence-corrected chi connectivity index (χ1v) is 17.5. The van der Waals surface area contributed by atoms with Crippen molar-refractivity contribution in [1.82, 2.24) is 21.3 Å². The van der Waals surface area contributed by atoms with Crippen molar-refractivity contribution in [2.24, 2.45) is 11.5 Å². The fourth-order valence-corrected chi connectivity index (χ4v) is 9.57. The summed E-state index contributed by atoms with van der Waals surface area (Å²) in [5, 5.41) is 43.5. The van der Waals surface area contributed by atoms with Crippen LogP contribution in [0.4, 0.5) is 0 Å². The number of rotatable bonds is 22. The van der Waals surface area contributed by atoms with Crippen molar-refractivity contribution in [2.75, 3.05) is 18.8 Å². The molecule has 4 amide bonds. The Bertz CT molecular complexity index is 975. The van der Waals surface area contributed by atoms with Crippen molar-refractivity contribution in [3.8, 4) is 0 Å². The van der Waals surface area contributed by atoms with Crippen LogP contribution in [0.15, 0.2) is 0 Å². The van der Waals surface area contributed by atoms with Crippen molar-refractivity contribution >= 4 is 80.6 Å². The Hall–Kier alpha value is -3.10. The van der Waals surface area contributed by atoms with Crippen LogP contribution in [0.5, 0.6) is 0 Å². The number of carbonyl (C=O) groups excluding carboxylic acids is 4. The van der Waals surface area contributed by atoms with Gasteiger partial charge in [-0.15, -0.1) is 0 Å². The fraction of sp³-hybridized carbons (Fsp3) is 0.600. The molecular weight excluding hydrogens is 659 g/mol. The molecule has 4 atom stereocenters. The standard InChI is InChI=1S/C20H32N6O12S2Se/c21-9(19(35)36)1-3-12(27)25-11(18(34)24-7-17(32)33)8-39-41-40-15(5-14(29)23-6-16(30)31)26-13(28)4-2-10(22)20(37)38/h9-11,15H,1-8,21-22H2,(H,23,29)(H,24,34)(H,25,27)(H,26,28)(H,30,31)(H,32,33)(H,35,36)(H,37,38). The minimum atomic E-state index is -1.33. The van der Waals surface area contributed by atoms with Crippen LogP contribution in [0, 0.1) is 0 Å². The molecule has 232 valence electrons. The van der Waals surface area contributed by atoms with Gasteiger partial charge in [-0.25, -0.2) is 0 Å². The minimum absolute atomic E-state index is 0.0610. The second-order valence-electron chi connectivity index (χ2n) is 8.08. The molecule has 21 heteroatoms. The number of nitrogens with one attached hydrogen (secondary N) is 4. The van der Waals surface area contributed by atoms with Crippen molar-refractivity contribution in [2.45, 2.75) is 55.6 Å². The van der Waals surface area contributed by atoms with E-state index in [2.05, 4.69) is 21.3 Å². The number of carboxylic acids is 4. The Labute approximate surface area is 246 Å². The average Bonchev–Trinajstić information content (AvgIpc) is 2.88. The molecule has 0 radical (unpaired) electrons. The molecule has 0 aliphatic rings. The third-order valence-corrected chi connectivity index (χ3v) is 11.9. The molecule has 41 heavy (non-hydrogen) atoms. The summed E-state index contributed by atoms with van der Waals surface area (Å²) in [5.74, 6) is -8.09. The van der Waals surface area contributed by atoms with Gasteiger partial charge in [0.1, 0.15) is 0 Å². The summed E-state index contributed by atoms with van der Waals surface area (Å²) in [6.45, 7) is -1.37. The maximum atomic E-state index is 12.4. The van der Waals surface area contributed by atoms with Crippen molar-refractivity contribution in [3.63, 3.8) is 0 Å². The molecule has 18 nitrogen and oxygen atoms in total. The van der Waals surface area contributed by atoms with Gasteiger partial charge in [-0.2, -0.15) is 0 Å². The van der Waals surface area contributed by atoms with E-state index in [9.17, 15) is 38.4 Å². The van der Waals surface area contributed by atoms with Gasteiger partial charge < -0.3 is 0 Å². The molecule has 0 saturated heterocycles. The third-order valence-electron chi connectivity index (χ3n) is 4.63. The summed E-state index contributed by atoms with van der Waals surface area (Å²) in [7, 11) is 2.21. The summed E-state index contributed by atoms with van der Waals surface area (Å²) >= 11 is -0.524. The zero-order chi connectivity index (χ0) is 31.5. The number of carbonyl (C=O) groups is 8. The van der Waals surface area contributed by atoms with Gasteiger partial charge in [0, 0.05) is 0 Å². The fourth-order valence-electron chi connectivity index (χ4n) is 2.50. The number of hydrogen-bond acceptors (Lipinski definition) is 12. The van der Waals surface area contributed by atoms with Gasteiger partial charge in [0.25, 0.3) is 0 Å². The molecule has 0 spiro atoms. The van der Waals surface area contributed by atoms with E-state index in [4.69, 9.17) is 31.9 Å². The van der Waals surface area contributed by atoms with Crippen LogP contribution in [0.1, 0.15) is 32.1 Å². The Kier molecular flexibility index (Phi) is 19.2. The monoisotopic (exact) mass is 692 g/mol. The van der Waals surface area contributed by atoms with E-state index in [0.29, 0.717) is 0 Å². The number of amides is 4. The third kappa shape index (κ3) is 19.6. The van der Waals surface area contributed by atoms with E-state index in [1.807, 2.05) is 0 Å². The van der Waals surface area contributed by atoms with E-state index in [-0.39, 0.29) is 37.9 Å². The molecule has 0 aliphatic carbocycles. The van der Waals surface area contributed by atoms with Crippen molar-refractivity contribution in [1.29, 1.82) is 0 Å². The predicted octanol–water partition coefficient (Wildman–Crippen LogP) is -3.91. The molecule has 0 rings (SSSR count). The van der Waals surface area contributed by atoms with Crippen LogP contribution in [0.2, 0.25) is 0 Å². The molecular formula is C20H32N6O12S2Se. The van der Waals surface area contributed by atoms with Gasteiger partial charge in [0.05, 0.1) is 0 Å². The van der Waals surface area contributed by atoms with Crippen LogP contribution in [0.25, 0.3) is 0 Å². The number of nitrogens with two attached hydrogens (primary N) is 2. The Morgan fingerprint density at radius 3 is 1.68 bits per heavy atom. The molecule has 0 aromatic rings. The topological polar surface area (TPSA) is 318 Å². The molecule has 0 aromatic carbocycles. The van der Waals surface area contributed by atoms with Gasteiger partial charge in [0.15, 0.2) is 0 Å². The van der Waals surface area contributed by atoms with Gasteiger partial charge in [0.2, 0.25) is 0 Å². The quantitative estimate of drug-likeness (QED) is 0.0295. The Morgan fingerprint density at radius 1 is 0.707 bits per heavy atom. The SMILES string of the molecule is NC(CCC(=O)NC(CC(=O)NCC(=O)O)S[Se]SCC(NC(=O)CCC(N)C(=O)O)C(=O)NCC(=O)O)C(=O)O. The second kappa shape index (κ2) is 20.7. The zero-order valence-electron chi connectivity index (χ0n) is 21.4. The molecule has 0 heterocycles. The summed E-state index contributed by atoms with van der Waals surface area (Å²) in [6.07, 6.45) is -1.29. The molecule has 0 saturated carbocycles. The van der Waals surface area contributed by atoms with Gasteiger partial charge >= 0.3 is 247 Å². The van der Waals surface area contributed by atoms with E-state index in [1.54, 1.807) is 0 Å². The van der Waals surface area contributed by atoms with E-state index < -0.39 is 96.8 Å². The van der Waals surface area contributed by atoms with Crippen LogP contribution in [0.3, 0.4) is 0 Å². The first-order valence-electron chi connectivity index (χ1n) is 11.6. The van der Waals surface area contributed by atoms with Gasteiger partial charge in [-0.1, -0.05) is 0 Å². The van der Waals surface area contributed by atoms with Crippen LogP contribution in [-0.4, -0.2) is 123 Å². The Morgan fingerprint density at radius 2 is 1.20 bits per heavy atom. The van der Waals surface area contributed by atoms with Crippen molar-refractivity contribution in [3.05, 3.63) is 0 Å². The van der Waals surface area contributed by atoms with Gasteiger partial charge in [-0.3, -0.25) is 0 Å². The normalized spacial score (nSPS) is 13.5. The summed E-state index contributed by atoms with van der Waals surface area (Å²) in [6, 6.07) is -3.78. The second-order valence-corrected chi connectivity index (χ2v) is 15.2. The van der Waals surface area contributed by atoms with Gasteiger partial charge in [-0.05, 0) is 0 Å². The van der Waals surface area contributed by atoms with E-state index >= 15 is 0 Å². The Balaban J connectivity index is 5.18. The predicted molar refractivity (Wildman–Crippen MR) is 145 cm³/mol. The van der Waals surface area contributed by atoms with Crippen LogP contribution >= 0.6 is 20.4 Å². The molecule has 0 fully saturated rings. The number of hydrogen-bond donors (Lipinski definition) is 10. The molecule has 4 unspecified atom stereocenters. The number of aliphatic carboxylic acids is 4. The van der Waals surface area contributed by atoms with Crippen LogP contribution < -0.4 is 32.7 Å².